The van der Waals surface area contributed by atoms with E-state index in [4.69, 9.17) is 4.74 Å². The van der Waals surface area contributed by atoms with E-state index in [2.05, 4.69) is 10.5 Å². The number of rotatable bonds is 5. The number of carbonyl (C=O) groups is 1. The Balaban J connectivity index is 1.88. The van der Waals surface area contributed by atoms with Gasteiger partial charge in [-0.05, 0) is 31.5 Å². The molecule has 0 heterocycles. The fraction of sp³-hybridized carbons (Fsp3) is 0.176. The number of hydrogen-bond donors (Lipinski definition) is 1. The van der Waals surface area contributed by atoms with Crippen molar-refractivity contribution in [3.63, 3.8) is 0 Å². The lowest BCUT2D eigenvalue weighted by Gasteiger charge is -2.06. The Hall–Kier alpha value is -2.69. The number of nitrogens with one attached hydrogen (secondary N) is 1. The molecule has 0 unspecified atom stereocenters. The highest BCUT2D eigenvalue weighted by molar-refractivity contribution is 5.99. The number of amides is 1. The van der Waals surface area contributed by atoms with E-state index in [1.54, 1.807) is 19.1 Å². The second-order valence-electron chi connectivity index (χ2n) is 4.82. The molecule has 0 saturated heterocycles. The molecule has 2 aromatic carbocycles. The van der Waals surface area contributed by atoms with Crippen molar-refractivity contribution in [2.45, 2.75) is 13.8 Å². The Labute approximate surface area is 128 Å². The Morgan fingerprint density at radius 3 is 2.55 bits per heavy atom. The number of carbonyl (C=O) groups excluding carboxylic acids is 1. The molecule has 4 nitrogen and oxygen atoms in total. The molecule has 114 valence electrons. The van der Waals surface area contributed by atoms with E-state index >= 15 is 0 Å². The summed E-state index contributed by atoms with van der Waals surface area (Å²) in [7, 11) is 0. The van der Waals surface area contributed by atoms with E-state index in [-0.39, 0.29) is 12.4 Å². The van der Waals surface area contributed by atoms with Gasteiger partial charge in [0.15, 0.2) is 18.2 Å². The molecule has 0 fully saturated rings. The number of nitrogens with zero attached hydrogens (tertiary/aromatic N) is 1. The second kappa shape index (κ2) is 7.36. The van der Waals surface area contributed by atoms with Gasteiger partial charge in [0.1, 0.15) is 0 Å². The van der Waals surface area contributed by atoms with Crippen LogP contribution in [0.1, 0.15) is 18.1 Å². The molecule has 22 heavy (non-hydrogen) atoms. The van der Waals surface area contributed by atoms with E-state index in [1.807, 2.05) is 31.2 Å². The van der Waals surface area contributed by atoms with Crippen molar-refractivity contribution < 1.29 is 13.9 Å². The average molecular weight is 300 g/mol. The van der Waals surface area contributed by atoms with Gasteiger partial charge in [0.25, 0.3) is 5.91 Å². The van der Waals surface area contributed by atoms with Crippen LogP contribution in [0.25, 0.3) is 0 Å². The molecule has 1 amide bonds. The van der Waals surface area contributed by atoms with Crippen LogP contribution >= 0.6 is 0 Å². The Kier molecular flexibility index (Phi) is 5.25. The largest absolute Gasteiger partial charge is 0.481 e. The molecule has 0 atom stereocenters. The topological polar surface area (TPSA) is 50.7 Å². The van der Waals surface area contributed by atoms with Crippen LogP contribution in [0.3, 0.4) is 0 Å². The van der Waals surface area contributed by atoms with Crippen LogP contribution in [0.2, 0.25) is 0 Å². The summed E-state index contributed by atoms with van der Waals surface area (Å²) in [6.45, 7) is 3.49. The molecule has 0 aliphatic rings. The van der Waals surface area contributed by atoms with E-state index in [0.29, 0.717) is 5.71 Å². The number of aryl methyl sites for hydroxylation is 1. The highest BCUT2D eigenvalue weighted by Gasteiger charge is 2.06. The predicted octanol–water partition coefficient (Wildman–Crippen LogP) is 3.05. The van der Waals surface area contributed by atoms with Gasteiger partial charge < -0.3 is 4.74 Å². The third kappa shape index (κ3) is 4.41. The first-order valence-electron chi connectivity index (χ1n) is 6.84. The number of hydrazone groups is 1. The van der Waals surface area contributed by atoms with Crippen LogP contribution in [-0.2, 0) is 4.79 Å². The Morgan fingerprint density at radius 1 is 1.18 bits per heavy atom. The van der Waals surface area contributed by atoms with Crippen molar-refractivity contribution in [1.29, 1.82) is 0 Å². The van der Waals surface area contributed by atoms with Crippen LogP contribution in [0.4, 0.5) is 4.39 Å². The van der Waals surface area contributed by atoms with Crippen LogP contribution in [0, 0.1) is 12.7 Å². The van der Waals surface area contributed by atoms with Crippen molar-refractivity contribution in [2.75, 3.05) is 6.61 Å². The first kappa shape index (κ1) is 15.7. The zero-order valence-electron chi connectivity index (χ0n) is 12.5. The number of hydrogen-bond acceptors (Lipinski definition) is 3. The lowest BCUT2D eigenvalue weighted by Crippen LogP contribution is -2.25. The minimum atomic E-state index is -0.505. The molecule has 1 N–H and O–H groups in total. The average Bonchev–Trinajstić information content (AvgIpc) is 2.52. The highest BCUT2D eigenvalue weighted by Crippen LogP contribution is 2.14. The first-order valence-corrected chi connectivity index (χ1v) is 6.84. The van der Waals surface area contributed by atoms with Gasteiger partial charge in [-0.2, -0.15) is 5.10 Å². The van der Waals surface area contributed by atoms with Crippen molar-refractivity contribution in [3.05, 3.63) is 65.5 Å². The second-order valence-corrected chi connectivity index (χ2v) is 4.82. The quantitative estimate of drug-likeness (QED) is 0.681. The summed E-state index contributed by atoms with van der Waals surface area (Å²) in [5.74, 6) is -0.916. The molecule has 0 aliphatic heterocycles. The van der Waals surface area contributed by atoms with Gasteiger partial charge in [-0.1, -0.05) is 42.0 Å². The molecule has 2 rings (SSSR count). The molecule has 0 aliphatic carbocycles. The van der Waals surface area contributed by atoms with Crippen molar-refractivity contribution in [1.82, 2.24) is 5.43 Å². The maximum Gasteiger partial charge on any atom is 0.277 e. The summed E-state index contributed by atoms with van der Waals surface area (Å²) in [6, 6.07) is 13.7. The van der Waals surface area contributed by atoms with Gasteiger partial charge in [0.05, 0.1) is 5.71 Å². The SMILES string of the molecule is C/C(=N\NC(=O)COc1ccccc1F)c1ccc(C)cc1. The van der Waals surface area contributed by atoms with Gasteiger partial charge in [0.2, 0.25) is 0 Å². The molecule has 2 aromatic rings. The molecule has 0 bridgehead atoms. The summed E-state index contributed by atoms with van der Waals surface area (Å²) in [6.07, 6.45) is 0. The Morgan fingerprint density at radius 2 is 1.86 bits per heavy atom. The number of benzene rings is 2. The third-order valence-electron chi connectivity index (χ3n) is 3.01. The lowest BCUT2D eigenvalue weighted by atomic mass is 10.1. The molecular weight excluding hydrogens is 283 g/mol. The van der Waals surface area contributed by atoms with Crippen LogP contribution in [0.5, 0.6) is 5.75 Å². The molecule has 0 aromatic heterocycles. The summed E-state index contributed by atoms with van der Waals surface area (Å²) >= 11 is 0. The van der Waals surface area contributed by atoms with E-state index in [1.165, 1.54) is 12.1 Å². The zero-order chi connectivity index (χ0) is 15.9. The first-order chi connectivity index (χ1) is 10.6. The molecule has 0 saturated carbocycles. The molecule has 0 radical (unpaired) electrons. The van der Waals surface area contributed by atoms with E-state index in [9.17, 15) is 9.18 Å². The van der Waals surface area contributed by atoms with Gasteiger partial charge in [-0.25, -0.2) is 9.82 Å². The van der Waals surface area contributed by atoms with E-state index < -0.39 is 11.7 Å². The number of para-hydroxylation sites is 1. The molecular formula is C17H17FN2O2. The van der Waals surface area contributed by atoms with Crippen LogP contribution in [0.15, 0.2) is 53.6 Å². The maximum absolute atomic E-state index is 13.3. The normalized spacial score (nSPS) is 11.1. The zero-order valence-corrected chi connectivity index (χ0v) is 12.5. The summed E-state index contributed by atoms with van der Waals surface area (Å²) in [5.41, 5.74) is 5.14. The van der Waals surface area contributed by atoms with Gasteiger partial charge in [-0.3, -0.25) is 4.79 Å². The maximum atomic E-state index is 13.3. The fourth-order valence-electron chi connectivity index (χ4n) is 1.74. The summed E-state index contributed by atoms with van der Waals surface area (Å²) in [4.78, 5) is 11.7. The number of halogens is 1. The smallest absolute Gasteiger partial charge is 0.277 e. The summed E-state index contributed by atoms with van der Waals surface area (Å²) in [5, 5.41) is 4.00. The van der Waals surface area contributed by atoms with Crippen molar-refractivity contribution in [2.24, 2.45) is 5.10 Å². The minimum absolute atomic E-state index is 0.0388. The fourth-order valence-corrected chi connectivity index (χ4v) is 1.74. The third-order valence-corrected chi connectivity index (χ3v) is 3.01. The van der Waals surface area contributed by atoms with Gasteiger partial charge in [-0.15, -0.1) is 0 Å². The monoisotopic (exact) mass is 300 g/mol. The highest BCUT2D eigenvalue weighted by atomic mass is 19.1. The van der Waals surface area contributed by atoms with Crippen LogP contribution < -0.4 is 10.2 Å². The van der Waals surface area contributed by atoms with Crippen molar-refractivity contribution >= 4 is 11.6 Å². The van der Waals surface area contributed by atoms with E-state index in [0.717, 1.165) is 11.1 Å². The lowest BCUT2D eigenvalue weighted by molar-refractivity contribution is -0.123. The molecule has 5 heteroatoms. The van der Waals surface area contributed by atoms with Gasteiger partial charge >= 0.3 is 0 Å². The Bertz CT molecular complexity index is 681. The number of ether oxygens (including phenoxy) is 1. The standard InChI is InChI=1S/C17H17FN2O2/c1-12-7-9-14(10-8-12)13(2)19-20-17(21)11-22-16-6-4-3-5-15(16)18/h3-10H,11H2,1-2H3,(H,20,21)/b19-13+. The summed E-state index contributed by atoms with van der Waals surface area (Å²) < 4.78 is 18.4. The minimum Gasteiger partial charge on any atom is -0.481 e. The van der Waals surface area contributed by atoms with Gasteiger partial charge in [0, 0.05) is 0 Å². The van der Waals surface area contributed by atoms with Crippen molar-refractivity contribution in [3.8, 4) is 5.75 Å². The predicted molar refractivity (Wildman–Crippen MR) is 83.4 cm³/mol. The van der Waals surface area contributed by atoms with Crippen LogP contribution in [-0.4, -0.2) is 18.2 Å². The molecule has 0 spiro atoms.